The van der Waals surface area contributed by atoms with Gasteiger partial charge in [0.2, 0.25) is 0 Å². The first-order valence-corrected chi connectivity index (χ1v) is 4.55. The highest BCUT2D eigenvalue weighted by Crippen LogP contribution is 2.23. The van der Waals surface area contributed by atoms with Crippen molar-refractivity contribution in [3.05, 3.63) is 23.8 Å². The van der Waals surface area contributed by atoms with Gasteiger partial charge in [-0.1, -0.05) is 0 Å². The molecule has 0 amide bonds. The van der Waals surface area contributed by atoms with Gasteiger partial charge in [0.05, 0.1) is 20.3 Å². The van der Waals surface area contributed by atoms with Gasteiger partial charge in [0.25, 0.3) is 0 Å². The van der Waals surface area contributed by atoms with Crippen molar-refractivity contribution in [3.8, 4) is 11.5 Å². The number of methoxy groups -OCH3 is 2. The van der Waals surface area contributed by atoms with Crippen molar-refractivity contribution in [2.45, 2.75) is 19.4 Å². The van der Waals surface area contributed by atoms with Crippen molar-refractivity contribution in [2.24, 2.45) is 0 Å². The van der Waals surface area contributed by atoms with Crippen LogP contribution in [-0.4, -0.2) is 25.4 Å². The molecular formula is C11H16O3. The number of aliphatic hydroxyl groups is 1. The molecule has 0 fully saturated rings. The van der Waals surface area contributed by atoms with Crippen LogP contribution in [0.1, 0.15) is 12.5 Å². The van der Waals surface area contributed by atoms with Gasteiger partial charge in [0.1, 0.15) is 11.5 Å². The lowest BCUT2D eigenvalue weighted by Gasteiger charge is -2.09. The molecular weight excluding hydrogens is 180 g/mol. The second kappa shape index (κ2) is 4.86. The normalized spacial score (nSPS) is 12.3. The quantitative estimate of drug-likeness (QED) is 0.795. The maximum Gasteiger partial charge on any atom is 0.122 e. The Bertz CT molecular complexity index is 272. The average molecular weight is 196 g/mol. The Balaban J connectivity index is 2.92. The van der Waals surface area contributed by atoms with Crippen LogP contribution in [0.2, 0.25) is 0 Å². The first-order valence-electron chi connectivity index (χ1n) is 4.55. The standard InChI is InChI=1S/C11H16O3/c1-8(12)4-9-5-10(13-2)7-11(6-9)14-3/h5-8,12H,4H2,1-3H3. The molecule has 78 valence electrons. The van der Waals surface area contributed by atoms with Gasteiger partial charge in [-0.15, -0.1) is 0 Å². The molecule has 0 saturated heterocycles. The summed E-state index contributed by atoms with van der Waals surface area (Å²) < 4.78 is 10.2. The van der Waals surface area contributed by atoms with E-state index in [-0.39, 0.29) is 6.10 Å². The third kappa shape index (κ3) is 2.92. The van der Waals surface area contributed by atoms with Gasteiger partial charge in [-0.25, -0.2) is 0 Å². The zero-order chi connectivity index (χ0) is 10.6. The third-order valence-electron chi connectivity index (χ3n) is 1.94. The monoisotopic (exact) mass is 196 g/mol. The summed E-state index contributed by atoms with van der Waals surface area (Å²) in [7, 11) is 3.22. The molecule has 0 radical (unpaired) electrons. The number of ether oxygens (including phenoxy) is 2. The second-order valence-corrected chi connectivity index (χ2v) is 3.27. The molecule has 14 heavy (non-hydrogen) atoms. The summed E-state index contributed by atoms with van der Waals surface area (Å²) in [5.74, 6) is 1.50. The lowest BCUT2D eigenvalue weighted by atomic mass is 10.1. The predicted molar refractivity (Wildman–Crippen MR) is 54.9 cm³/mol. The number of hydrogen-bond acceptors (Lipinski definition) is 3. The molecule has 0 aromatic heterocycles. The van der Waals surface area contributed by atoms with Crippen LogP contribution in [0.5, 0.6) is 11.5 Å². The van der Waals surface area contributed by atoms with Crippen LogP contribution >= 0.6 is 0 Å². The van der Waals surface area contributed by atoms with Crippen LogP contribution in [0.15, 0.2) is 18.2 Å². The summed E-state index contributed by atoms with van der Waals surface area (Å²) in [5.41, 5.74) is 1.01. The van der Waals surface area contributed by atoms with E-state index in [1.807, 2.05) is 18.2 Å². The van der Waals surface area contributed by atoms with E-state index in [0.717, 1.165) is 17.1 Å². The fourth-order valence-corrected chi connectivity index (χ4v) is 1.33. The summed E-state index contributed by atoms with van der Waals surface area (Å²) in [4.78, 5) is 0. The molecule has 3 heteroatoms. The zero-order valence-electron chi connectivity index (χ0n) is 8.78. The van der Waals surface area contributed by atoms with E-state index >= 15 is 0 Å². The molecule has 0 aliphatic carbocycles. The van der Waals surface area contributed by atoms with Gasteiger partial charge in [0.15, 0.2) is 0 Å². The Morgan fingerprint density at radius 1 is 1.14 bits per heavy atom. The Hall–Kier alpha value is -1.22. The Morgan fingerprint density at radius 2 is 1.64 bits per heavy atom. The molecule has 0 bridgehead atoms. The molecule has 1 aromatic rings. The highest BCUT2D eigenvalue weighted by atomic mass is 16.5. The SMILES string of the molecule is COc1cc(CC(C)O)cc(OC)c1. The molecule has 1 N–H and O–H groups in total. The predicted octanol–water partition coefficient (Wildman–Crippen LogP) is 1.63. The molecule has 0 aliphatic heterocycles. The molecule has 0 saturated carbocycles. The van der Waals surface area contributed by atoms with Gasteiger partial charge in [-0.3, -0.25) is 0 Å². The van der Waals surface area contributed by atoms with E-state index in [0.29, 0.717) is 6.42 Å². The van der Waals surface area contributed by atoms with Crippen molar-refractivity contribution in [3.63, 3.8) is 0 Å². The first-order chi connectivity index (χ1) is 6.65. The van der Waals surface area contributed by atoms with Crippen LogP contribution in [0.3, 0.4) is 0 Å². The topological polar surface area (TPSA) is 38.7 Å². The summed E-state index contributed by atoms with van der Waals surface area (Å²) in [6.07, 6.45) is 0.250. The minimum Gasteiger partial charge on any atom is -0.497 e. The molecule has 0 spiro atoms. The number of hydrogen-bond donors (Lipinski definition) is 1. The van der Waals surface area contributed by atoms with E-state index in [1.165, 1.54) is 0 Å². The van der Waals surface area contributed by atoms with Crippen molar-refractivity contribution in [1.29, 1.82) is 0 Å². The van der Waals surface area contributed by atoms with E-state index in [2.05, 4.69) is 0 Å². The maximum absolute atomic E-state index is 9.25. The summed E-state index contributed by atoms with van der Waals surface area (Å²) >= 11 is 0. The van der Waals surface area contributed by atoms with Crippen molar-refractivity contribution in [1.82, 2.24) is 0 Å². The Morgan fingerprint density at radius 3 is 2.00 bits per heavy atom. The summed E-state index contributed by atoms with van der Waals surface area (Å²) in [5, 5.41) is 9.25. The fourth-order valence-electron chi connectivity index (χ4n) is 1.33. The van der Waals surface area contributed by atoms with E-state index in [9.17, 15) is 5.11 Å². The van der Waals surface area contributed by atoms with Crippen molar-refractivity contribution >= 4 is 0 Å². The molecule has 1 rings (SSSR count). The van der Waals surface area contributed by atoms with E-state index in [1.54, 1.807) is 21.1 Å². The summed E-state index contributed by atoms with van der Waals surface area (Å²) in [6.45, 7) is 1.76. The van der Waals surface area contributed by atoms with Crippen LogP contribution in [0.25, 0.3) is 0 Å². The van der Waals surface area contributed by atoms with Gasteiger partial charge in [0, 0.05) is 6.07 Å². The molecule has 1 aromatic carbocycles. The van der Waals surface area contributed by atoms with Gasteiger partial charge in [-0.05, 0) is 31.0 Å². The van der Waals surface area contributed by atoms with Crippen LogP contribution in [0, 0.1) is 0 Å². The molecule has 0 heterocycles. The number of rotatable bonds is 4. The lowest BCUT2D eigenvalue weighted by molar-refractivity contribution is 0.195. The zero-order valence-corrected chi connectivity index (χ0v) is 8.78. The lowest BCUT2D eigenvalue weighted by Crippen LogP contribution is -2.04. The van der Waals surface area contributed by atoms with Crippen LogP contribution in [0.4, 0.5) is 0 Å². The molecule has 3 nitrogen and oxygen atoms in total. The summed E-state index contributed by atoms with van der Waals surface area (Å²) in [6, 6.07) is 5.61. The Labute approximate surface area is 84.3 Å². The van der Waals surface area contributed by atoms with Crippen molar-refractivity contribution in [2.75, 3.05) is 14.2 Å². The largest absolute Gasteiger partial charge is 0.497 e. The third-order valence-corrected chi connectivity index (χ3v) is 1.94. The maximum atomic E-state index is 9.25. The van der Waals surface area contributed by atoms with Crippen LogP contribution < -0.4 is 9.47 Å². The highest BCUT2D eigenvalue weighted by Gasteiger charge is 2.04. The minimum atomic E-state index is -0.355. The van der Waals surface area contributed by atoms with Gasteiger partial charge in [-0.2, -0.15) is 0 Å². The molecule has 1 atom stereocenters. The molecule has 0 aliphatic rings. The smallest absolute Gasteiger partial charge is 0.122 e. The fraction of sp³-hybridized carbons (Fsp3) is 0.455. The molecule has 1 unspecified atom stereocenters. The van der Waals surface area contributed by atoms with Gasteiger partial charge < -0.3 is 14.6 Å². The van der Waals surface area contributed by atoms with Crippen LogP contribution in [-0.2, 0) is 6.42 Å². The van der Waals surface area contributed by atoms with Crippen molar-refractivity contribution < 1.29 is 14.6 Å². The minimum absolute atomic E-state index is 0.355. The second-order valence-electron chi connectivity index (χ2n) is 3.27. The van der Waals surface area contributed by atoms with E-state index in [4.69, 9.17) is 9.47 Å². The number of aliphatic hydroxyl groups excluding tert-OH is 1. The van der Waals surface area contributed by atoms with Gasteiger partial charge >= 0.3 is 0 Å². The Kier molecular flexibility index (Phi) is 3.77. The highest BCUT2D eigenvalue weighted by molar-refractivity contribution is 5.38. The average Bonchev–Trinajstić information content (AvgIpc) is 2.16. The first kappa shape index (κ1) is 10.9. The number of benzene rings is 1. The van der Waals surface area contributed by atoms with E-state index < -0.39 is 0 Å².